The van der Waals surface area contributed by atoms with Gasteiger partial charge in [-0.15, -0.1) is 0 Å². The summed E-state index contributed by atoms with van der Waals surface area (Å²) in [6, 6.07) is 3.44. The fourth-order valence-corrected chi connectivity index (χ4v) is 3.72. The molecule has 1 aliphatic rings. The minimum Gasteiger partial charge on any atom is -0.385 e. The van der Waals surface area contributed by atoms with Crippen molar-refractivity contribution in [1.82, 2.24) is 10.3 Å². The van der Waals surface area contributed by atoms with Crippen LogP contribution in [0.1, 0.15) is 36.7 Å². The zero-order valence-corrected chi connectivity index (χ0v) is 12.9. The van der Waals surface area contributed by atoms with Crippen LogP contribution in [0.25, 0.3) is 0 Å². The molecule has 2 heterocycles. The maximum atomic E-state index is 12.1. The summed E-state index contributed by atoms with van der Waals surface area (Å²) in [5.74, 6) is 0.0342. The van der Waals surface area contributed by atoms with Gasteiger partial charge in [-0.25, -0.2) is 8.42 Å². The standard InChI is InChI=1S/C14H21N3O3S/c1-2-6-15-12-3-7-16-13(10-12)14(18)17-11-4-8-21(19,20)9-5-11/h3,7,10-11H,2,4-6,8-9H2,1H3,(H,15,16)(H,17,18). The minimum atomic E-state index is -2.91. The fraction of sp³-hybridized carbons (Fsp3) is 0.571. The highest BCUT2D eigenvalue weighted by molar-refractivity contribution is 7.91. The number of carbonyl (C=O) groups excluding carboxylic acids is 1. The molecule has 1 aromatic rings. The first-order valence-electron chi connectivity index (χ1n) is 7.21. The smallest absolute Gasteiger partial charge is 0.270 e. The molecule has 0 aliphatic carbocycles. The van der Waals surface area contributed by atoms with Crippen molar-refractivity contribution in [3.8, 4) is 0 Å². The van der Waals surface area contributed by atoms with E-state index < -0.39 is 9.84 Å². The highest BCUT2D eigenvalue weighted by Gasteiger charge is 2.25. The number of hydrogen-bond acceptors (Lipinski definition) is 5. The van der Waals surface area contributed by atoms with Crippen LogP contribution in [0.5, 0.6) is 0 Å². The zero-order chi connectivity index (χ0) is 15.3. The topological polar surface area (TPSA) is 88.2 Å². The van der Waals surface area contributed by atoms with Gasteiger partial charge in [-0.1, -0.05) is 6.92 Å². The lowest BCUT2D eigenvalue weighted by Gasteiger charge is -2.22. The summed E-state index contributed by atoms with van der Waals surface area (Å²) in [6.07, 6.45) is 3.54. The first-order valence-corrected chi connectivity index (χ1v) is 9.03. The predicted octanol–water partition coefficient (Wildman–Crippen LogP) is 1.21. The van der Waals surface area contributed by atoms with Gasteiger partial charge in [0.05, 0.1) is 11.5 Å². The number of hydrogen-bond donors (Lipinski definition) is 2. The van der Waals surface area contributed by atoms with Gasteiger partial charge in [0.25, 0.3) is 5.91 Å². The monoisotopic (exact) mass is 311 g/mol. The molecule has 0 atom stereocenters. The number of sulfone groups is 1. The Hall–Kier alpha value is -1.63. The second-order valence-electron chi connectivity index (χ2n) is 5.26. The van der Waals surface area contributed by atoms with Crippen molar-refractivity contribution in [1.29, 1.82) is 0 Å². The van der Waals surface area contributed by atoms with Gasteiger partial charge in [-0.3, -0.25) is 9.78 Å². The maximum Gasteiger partial charge on any atom is 0.270 e. The van der Waals surface area contributed by atoms with Crippen molar-refractivity contribution in [2.75, 3.05) is 23.4 Å². The molecule has 1 saturated heterocycles. The first kappa shape index (κ1) is 15.8. The average Bonchev–Trinajstić information content (AvgIpc) is 2.47. The zero-order valence-electron chi connectivity index (χ0n) is 12.1. The van der Waals surface area contributed by atoms with Crippen molar-refractivity contribution in [2.45, 2.75) is 32.2 Å². The number of carbonyl (C=O) groups is 1. The normalized spacial score (nSPS) is 18.1. The highest BCUT2D eigenvalue weighted by atomic mass is 32.2. The lowest BCUT2D eigenvalue weighted by molar-refractivity contribution is 0.0929. The molecule has 2 N–H and O–H groups in total. The van der Waals surface area contributed by atoms with Crippen LogP contribution < -0.4 is 10.6 Å². The van der Waals surface area contributed by atoms with Crippen molar-refractivity contribution < 1.29 is 13.2 Å². The van der Waals surface area contributed by atoms with E-state index >= 15 is 0 Å². The molecule has 21 heavy (non-hydrogen) atoms. The van der Waals surface area contributed by atoms with Crippen molar-refractivity contribution in [2.24, 2.45) is 0 Å². The van der Waals surface area contributed by atoms with Crippen LogP contribution in [-0.2, 0) is 9.84 Å². The van der Waals surface area contributed by atoms with Crippen LogP contribution in [0.3, 0.4) is 0 Å². The summed E-state index contributed by atoms with van der Waals surface area (Å²) in [5.41, 5.74) is 1.22. The average molecular weight is 311 g/mol. The molecule has 0 unspecified atom stereocenters. The number of aromatic nitrogens is 1. The van der Waals surface area contributed by atoms with E-state index in [4.69, 9.17) is 0 Å². The minimum absolute atomic E-state index is 0.0879. The van der Waals surface area contributed by atoms with E-state index in [1.165, 1.54) is 0 Å². The Kier molecular flexibility index (Phi) is 5.17. The summed E-state index contributed by atoms with van der Waals surface area (Å²) in [6.45, 7) is 2.91. The molecule has 116 valence electrons. The van der Waals surface area contributed by atoms with Gasteiger partial charge in [0.15, 0.2) is 0 Å². The van der Waals surface area contributed by atoms with Crippen molar-refractivity contribution in [3.63, 3.8) is 0 Å². The molecule has 1 aliphatic heterocycles. The second kappa shape index (κ2) is 6.89. The fourth-order valence-electron chi connectivity index (χ4n) is 2.23. The molecule has 7 heteroatoms. The van der Waals surface area contributed by atoms with Crippen LogP contribution >= 0.6 is 0 Å². The van der Waals surface area contributed by atoms with Crippen LogP contribution in [0.15, 0.2) is 18.3 Å². The van der Waals surface area contributed by atoms with E-state index in [1.807, 2.05) is 6.07 Å². The lowest BCUT2D eigenvalue weighted by atomic mass is 10.1. The van der Waals surface area contributed by atoms with Crippen LogP contribution in [0.2, 0.25) is 0 Å². The molecular weight excluding hydrogens is 290 g/mol. The van der Waals surface area contributed by atoms with Crippen molar-refractivity contribution >= 4 is 21.4 Å². The Morgan fingerprint density at radius 2 is 2.10 bits per heavy atom. The van der Waals surface area contributed by atoms with E-state index in [0.717, 1.165) is 18.7 Å². The van der Waals surface area contributed by atoms with Crippen molar-refractivity contribution in [3.05, 3.63) is 24.0 Å². The molecule has 0 aromatic carbocycles. The summed E-state index contributed by atoms with van der Waals surface area (Å²) in [5, 5.41) is 6.07. The molecule has 0 radical (unpaired) electrons. The van der Waals surface area contributed by atoms with E-state index in [2.05, 4.69) is 22.5 Å². The van der Waals surface area contributed by atoms with Crippen LogP contribution in [0, 0.1) is 0 Å². The quantitative estimate of drug-likeness (QED) is 0.853. The number of nitrogens with zero attached hydrogens (tertiary/aromatic N) is 1. The largest absolute Gasteiger partial charge is 0.385 e. The Bertz CT molecular complexity index is 587. The third kappa shape index (κ3) is 4.70. The Morgan fingerprint density at radius 3 is 2.76 bits per heavy atom. The van der Waals surface area contributed by atoms with Gasteiger partial charge in [0.1, 0.15) is 15.5 Å². The van der Waals surface area contributed by atoms with Gasteiger partial charge >= 0.3 is 0 Å². The molecule has 0 bridgehead atoms. The molecule has 1 aromatic heterocycles. The number of rotatable bonds is 5. The van der Waals surface area contributed by atoms with Gasteiger partial charge in [0, 0.05) is 24.5 Å². The second-order valence-corrected chi connectivity index (χ2v) is 7.56. The number of pyridine rings is 1. The Labute approximate surface area is 125 Å². The number of nitrogens with one attached hydrogen (secondary N) is 2. The third-order valence-electron chi connectivity index (χ3n) is 3.46. The van der Waals surface area contributed by atoms with Crippen LogP contribution in [-0.4, -0.2) is 43.4 Å². The van der Waals surface area contributed by atoms with E-state index in [1.54, 1.807) is 12.3 Å². The van der Waals surface area contributed by atoms with E-state index in [9.17, 15) is 13.2 Å². The SMILES string of the molecule is CCCNc1ccnc(C(=O)NC2CCS(=O)(=O)CC2)c1. The van der Waals surface area contributed by atoms with Gasteiger partial charge in [-0.05, 0) is 31.4 Å². The maximum absolute atomic E-state index is 12.1. The number of anilines is 1. The molecule has 0 spiro atoms. The molecular formula is C14H21N3O3S. The highest BCUT2D eigenvalue weighted by Crippen LogP contribution is 2.13. The third-order valence-corrected chi connectivity index (χ3v) is 5.18. The first-order chi connectivity index (χ1) is 10.00. The van der Waals surface area contributed by atoms with Gasteiger partial charge in [0.2, 0.25) is 0 Å². The predicted molar refractivity (Wildman–Crippen MR) is 82.2 cm³/mol. The lowest BCUT2D eigenvalue weighted by Crippen LogP contribution is -2.41. The van der Waals surface area contributed by atoms with E-state index in [-0.39, 0.29) is 23.5 Å². The molecule has 0 saturated carbocycles. The van der Waals surface area contributed by atoms with Gasteiger partial charge < -0.3 is 10.6 Å². The molecule has 2 rings (SSSR count). The van der Waals surface area contributed by atoms with E-state index in [0.29, 0.717) is 18.5 Å². The summed E-state index contributed by atoms with van der Waals surface area (Å²) in [7, 11) is -2.91. The summed E-state index contributed by atoms with van der Waals surface area (Å²) >= 11 is 0. The molecule has 1 amide bonds. The Morgan fingerprint density at radius 1 is 1.38 bits per heavy atom. The summed E-state index contributed by atoms with van der Waals surface area (Å²) < 4.78 is 22.7. The molecule has 1 fully saturated rings. The molecule has 6 nitrogen and oxygen atoms in total. The number of amides is 1. The summed E-state index contributed by atoms with van der Waals surface area (Å²) in [4.78, 5) is 16.2. The van der Waals surface area contributed by atoms with Gasteiger partial charge in [-0.2, -0.15) is 0 Å². The Balaban J connectivity index is 1.94. The van der Waals surface area contributed by atoms with Crippen LogP contribution in [0.4, 0.5) is 5.69 Å².